The van der Waals surface area contributed by atoms with Crippen LogP contribution in [-0.4, -0.2) is 11.1 Å². The van der Waals surface area contributed by atoms with Crippen molar-refractivity contribution in [2.45, 2.75) is 77.6 Å². The summed E-state index contributed by atoms with van der Waals surface area (Å²) < 4.78 is 0. The molecule has 0 saturated carbocycles. The summed E-state index contributed by atoms with van der Waals surface area (Å²) >= 11 is 6.12. The Balaban J connectivity index is 3.29. The van der Waals surface area contributed by atoms with Gasteiger partial charge in [-0.3, -0.25) is 4.79 Å². The van der Waals surface area contributed by atoms with Crippen LogP contribution in [0.15, 0.2) is 11.1 Å². The topological polar surface area (TPSA) is 37.3 Å². The molecular formula is C15H27ClO2. The molecule has 0 heterocycles. The van der Waals surface area contributed by atoms with Crippen molar-refractivity contribution in [1.29, 1.82) is 0 Å². The lowest BCUT2D eigenvalue weighted by atomic mass is 10.1. The van der Waals surface area contributed by atoms with E-state index in [0.717, 1.165) is 50.0 Å². The number of halogens is 1. The summed E-state index contributed by atoms with van der Waals surface area (Å²) in [5.74, 6) is -0.687. The summed E-state index contributed by atoms with van der Waals surface area (Å²) in [5.41, 5.74) is 0. The number of hydrogen-bond donors (Lipinski definition) is 1. The first-order chi connectivity index (χ1) is 8.66. The quantitative estimate of drug-likeness (QED) is 0.477. The molecule has 0 amide bonds. The standard InChI is InChI=1S/C15H27ClO2/c1-2-3-4-8-11-14(16)12-9-6-5-7-10-13-15(17)18/h11H,2-10,12-13H2,1H3,(H,17,18)/b14-11+. The molecule has 0 aliphatic heterocycles. The monoisotopic (exact) mass is 274 g/mol. The molecular weight excluding hydrogens is 248 g/mol. The van der Waals surface area contributed by atoms with Crippen LogP contribution < -0.4 is 0 Å². The highest BCUT2D eigenvalue weighted by molar-refractivity contribution is 6.29. The molecule has 0 unspecified atom stereocenters. The minimum atomic E-state index is -0.687. The van der Waals surface area contributed by atoms with Gasteiger partial charge in [-0.15, -0.1) is 0 Å². The van der Waals surface area contributed by atoms with E-state index < -0.39 is 5.97 Å². The van der Waals surface area contributed by atoms with Crippen molar-refractivity contribution in [2.75, 3.05) is 0 Å². The van der Waals surface area contributed by atoms with Gasteiger partial charge in [0, 0.05) is 11.5 Å². The molecule has 18 heavy (non-hydrogen) atoms. The normalized spacial score (nSPS) is 11.8. The lowest BCUT2D eigenvalue weighted by Crippen LogP contribution is -1.93. The van der Waals surface area contributed by atoms with E-state index in [0.29, 0.717) is 6.42 Å². The van der Waals surface area contributed by atoms with Gasteiger partial charge in [0.15, 0.2) is 0 Å². The Bertz CT molecular complexity index is 237. The van der Waals surface area contributed by atoms with Gasteiger partial charge >= 0.3 is 5.97 Å². The average molecular weight is 275 g/mol. The zero-order chi connectivity index (χ0) is 13.6. The number of carboxylic acids is 1. The molecule has 0 spiro atoms. The Morgan fingerprint density at radius 1 is 1.00 bits per heavy atom. The van der Waals surface area contributed by atoms with Crippen molar-refractivity contribution in [3.63, 3.8) is 0 Å². The van der Waals surface area contributed by atoms with Crippen LogP contribution in [0.3, 0.4) is 0 Å². The molecule has 0 saturated heterocycles. The minimum Gasteiger partial charge on any atom is -0.481 e. The second kappa shape index (κ2) is 12.9. The van der Waals surface area contributed by atoms with Gasteiger partial charge in [0.25, 0.3) is 0 Å². The predicted molar refractivity (Wildman–Crippen MR) is 78.0 cm³/mol. The van der Waals surface area contributed by atoms with E-state index in [1.165, 1.54) is 19.3 Å². The third-order valence-corrected chi connectivity index (χ3v) is 3.32. The highest BCUT2D eigenvalue weighted by Gasteiger charge is 1.97. The first-order valence-corrected chi connectivity index (χ1v) is 7.61. The van der Waals surface area contributed by atoms with Gasteiger partial charge in [-0.05, 0) is 32.1 Å². The van der Waals surface area contributed by atoms with Gasteiger partial charge in [-0.1, -0.05) is 56.7 Å². The number of unbranched alkanes of at least 4 members (excludes halogenated alkanes) is 7. The second-order valence-electron chi connectivity index (χ2n) is 4.81. The molecule has 0 aliphatic carbocycles. The van der Waals surface area contributed by atoms with Crippen molar-refractivity contribution in [3.8, 4) is 0 Å². The van der Waals surface area contributed by atoms with Gasteiger partial charge in [0.2, 0.25) is 0 Å². The summed E-state index contributed by atoms with van der Waals surface area (Å²) in [7, 11) is 0. The molecule has 0 bridgehead atoms. The van der Waals surface area contributed by atoms with E-state index in [4.69, 9.17) is 16.7 Å². The fraction of sp³-hybridized carbons (Fsp3) is 0.800. The van der Waals surface area contributed by atoms with Crippen molar-refractivity contribution >= 4 is 17.6 Å². The third kappa shape index (κ3) is 13.6. The molecule has 1 N–H and O–H groups in total. The number of carbonyl (C=O) groups is 1. The van der Waals surface area contributed by atoms with Gasteiger partial charge in [0.05, 0.1) is 0 Å². The first kappa shape index (κ1) is 17.5. The predicted octanol–water partition coefficient (Wildman–Crippen LogP) is 5.50. The largest absolute Gasteiger partial charge is 0.481 e. The number of carboxylic acid groups (broad SMARTS) is 1. The number of aliphatic carboxylic acids is 1. The molecule has 0 radical (unpaired) electrons. The van der Waals surface area contributed by atoms with Crippen molar-refractivity contribution < 1.29 is 9.90 Å². The maximum atomic E-state index is 10.3. The molecule has 2 nitrogen and oxygen atoms in total. The minimum absolute atomic E-state index is 0.304. The molecule has 0 atom stereocenters. The molecule has 0 aromatic rings. The van der Waals surface area contributed by atoms with E-state index in [2.05, 4.69) is 13.0 Å². The summed E-state index contributed by atoms with van der Waals surface area (Å²) in [6, 6.07) is 0. The fourth-order valence-electron chi connectivity index (χ4n) is 1.86. The van der Waals surface area contributed by atoms with Gasteiger partial charge in [0.1, 0.15) is 0 Å². The highest BCUT2D eigenvalue weighted by atomic mass is 35.5. The Kier molecular flexibility index (Phi) is 12.6. The smallest absolute Gasteiger partial charge is 0.303 e. The molecule has 0 fully saturated rings. The Hall–Kier alpha value is -0.500. The summed E-state index contributed by atoms with van der Waals surface area (Å²) in [6.07, 6.45) is 13.5. The van der Waals surface area contributed by atoms with Gasteiger partial charge in [-0.2, -0.15) is 0 Å². The maximum absolute atomic E-state index is 10.3. The average Bonchev–Trinajstić information content (AvgIpc) is 2.33. The Morgan fingerprint density at radius 2 is 1.61 bits per heavy atom. The molecule has 0 aliphatic rings. The van der Waals surface area contributed by atoms with Gasteiger partial charge < -0.3 is 5.11 Å². The lowest BCUT2D eigenvalue weighted by molar-refractivity contribution is -0.137. The van der Waals surface area contributed by atoms with Crippen molar-refractivity contribution in [3.05, 3.63) is 11.1 Å². The number of allylic oxidation sites excluding steroid dienone is 2. The molecule has 0 rings (SSSR count). The summed E-state index contributed by atoms with van der Waals surface area (Å²) in [4.78, 5) is 10.3. The van der Waals surface area contributed by atoms with E-state index >= 15 is 0 Å². The molecule has 3 heteroatoms. The SMILES string of the molecule is CCCCC/C=C(/Cl)CCCCCCCC(=O)O. The van der Waals surface area contributed by atoms with Crippen LogP contribution in [0.1, 0.15) is 77.6 Å². The van der Waals surface area contributed by atoms with Crippen molar-refractivity contribution in [2.24, 2.45) is 0 Å². The zero-order valence-corrected chi connectivity index (χ0v) is 12.3. The highest BCUT2D eigenvalue weighted by Crippen LogP contribution is 2.16. The number of hydrogen-bond acceptors (Lipinski definition) is 1. The van der Waals surface area contributed by atoms with E-state index in [1.54, 1.807) is 0 Å². The van der Waals surface area contributed by atoms with Crippen LogP contribution >= 0.6 is 11.6 Å². The molecule has 106 valence electrons. The van der Waals surface area contributed by atoms with Crippen LogP contribution in [0.25, 0.3) is 0 Å². The summed E-state index contributed by atoms with van der Waals surface area (Å²) in [5, 5.41) is 9.48. The van der Waals surface area contributed by atoms with Crippen LogP contribution in [-0.2, 0) is 4.79 Å². The van der Waals surface area contributed by atoms with Crippen LogP contribution in [0.4, 0.5) is 0 Å². The van der Waals surface area contributed by atoms with E-state index in [9.17, 15) is 4.79 Å². The van der Waals surface area contributed by atoms with Crippen molar-refractivity contribution in [1.82, 2.24) is 0 Å². The van der Waals surface area contributed by atoms with Crippen LogP contribution in [0.2, 0.25) is 0 Å². The van der Waals surface area contributed by atoms with E-state index in [1.807, 2.05) is 0 Å². The molecule has 0 aromatic carbocycles. The fourth-order valence-corrected chi connectivity index (χ4v) is 2.10. The second-order valence-corrected chi connectivity index (χ2v) is 5.29. The molecule has 0 aromatic heterocycles. The van der Waals surface area contributed by atoms with E-state index in [-0.39, 0.29) is 0 Å². The first-order valence-electron chi connectivity index (χ1n) is 7.23. The Labute approximate surface area is 116 Å². The van der Waals surface area contributed by atoms with Crippen LogP contribution in [0.5, 0.6) is 0 Å². The lowest BCUT2D eigenvalue weighted by Gasteiger charge is -2.01. The maximum Gasteiger partial charge on any atom is 0.303 e. The number of rotatable bonds is 12. The van der Waals surface area contributed by atoms with Gasteiger partial charge in [-0.25, -0.2) is 0 Å². The Morgan fingerprint density at radius 3 is 2.22 bits per heavy atom. The summed E-state index contributed by atoms with van der Waals surface area (Å²) in [6.45, 7) is 2.20. The van der Waals surface area contributed by atoms with Crippen LogP contribution in [0, 0.1) is 0 Å². The third-order valence-electron chi connectivity index (χ3n) is 2.98. The zero-order valence-electron chi connectivity index (χ0n) is 11.6.